The molecule has 26 heavy (non-hydrogen) atoms. The van der Waals surface area contributed by atoms with Crippen LogP contribution in [0.4, 0.5) is 5.82 Å². The van der Waals surface area contributed by atoms with Gasteiger partial charge in [0.25, 0.3) is 5.91 Å². The number of nitrogens with one attached hydrogen (secondary N) is 2. The first-order valence-corrected chi connectivity index (χ1v) is 9.27. The Kier molecular flexibility index (Phi) is 5.49. The molecule has 0 radical (unpaired) electrons. The summed E-state index contributed by atoms with van der Waals surface area (Å²) in [4.78, 5) is 23.2. The summed E-state index contributed by atoms with van der Waals surface area (Å²) >= 11 is 1.69. The standard InChI is InChI=1S/C19H22N4O2S/c1-11-12(2)26-19-16(11)17(22-13(3)23-19)21-10-14-4-6-15(7-5-14)18(25)20-8-9-24/h4-7,24H,8-10H2,1-3H3,(H,20,25)(H,21,22,23). The molecule has 6 nitrogen and oxygen atoms in total. The average molecular weight is 370 g/mol. The zero-order valence-electron chi connectivity index (χ0n) is 15.1. The Morgan fingerprint density at radius 3 is 2.58 bits per heavy atom. The largest absolute Gasteiger partial charge is 0.395 e. The predicted octanol–water partition coefficient (Wildman–Crippen LogP) is 2.95. The van der Waals surface area contributed by atoms with Crippen LogP contribution in [-0.2, 0) is 6.54 Å². The van der Waals surface area contributed by atoms with E-state index in [9.17, 15) is 4.79 Å². The highest BCUT2D eigenvalue weighted by Crippen LogP contribution is 2.33. The van der Waals surface area contributed by atoms with Crippen molar-refractivity contribution in [3.05, 3.63) is 51.7 Å². The quantitative estimate of drug-likeness (QED) is 0.621. The highest BCUT2D eigenvalue weighted by molar-refractivity contribution is 7.18. The fourth-order valence-corrected chi connectivity index (χ4v) is 3.79. The monoisotopic (exact) mass is 370 g/mol. The van der Waals surface area contributed by atoms with E-state index in [1.165, 1.54) is 10.4 Å². The molecule has 0 aliphatic heterocycles. The van der Waals surface area contributed by atoms with Gasteiger partial charge in [-0.1, -0.05) is 12.1 Å². The van der Waals surface area contributed by atoms with Crippen LogP contribution in [0.3, 0.4) is 0 Å². The number of benzene rings is 1. The molecule has 0 bridgehead atoms. The number of fused-ring (bicyclic) bond motifs is 1. The van der Waals surface area contributed by atoms with E-state index < -0.39 is 0 Å². The molecule has 3 rings (SSSR count). The normalized spacial score (nSPS) is 10.9. The van der Waals surface area contributed by atoms with Crippen LogP contribution in [0.25, 0.3) is 10.2 Å². The summed E-state index contributed by atoms with van der Waals surface area (Å²) in [7, 11) is 0. The van der Waals surface area contributed by atoms with Crippen LogP contribution in [0.5, 0.6) is 0 Å². The number of nitrogens with zero attached hydrogens (tertiary/aromatic N) is 2. The van der Waals surface area contributed by atoms with E-state index in [-0.39, 0.29) is 19.1 Å². The maximum atomic E-state index is 11.9. The second-order valence-electron chi connectivity index (χ2n) is 6.11. The molecule has 7 heteroatoms. The lowest BCUT2D eigenvalue weighted by atomic mass is 10.1. The molecule has 0 unspecified atom stereocenters. The van der Waals surface area contributed by atoms with Crippen molar-refractivity contribution in [1.82, 2.24) is 15.3 Å². The fourth-order valence-electron chi connectivity index (χ4n) is 2.72. The van der Waals surface area contributed by atoms with Gasteiger partial charge in [-0.05, 0) is 44.0 Å². The Labute approximate surface area is 156 Å². The Balaban J connectivity index is 1.75. The van der Waals surface area contributed by atoms with Gasteiger partial charge in [0.05, 0.1) is 12.0 Å². The third-order valence-corrected chi connectivity index (χ3v) is 5.32. The number of rotatable bonds is 6. The molecule has 0 saturated heterocycles. The van der Waals surface area contributed by atoms with Crippen LogP contribution in [0.2, 0.25) is 0 Å². The van der Waals surface area contributed by atoms with Gasteiger partial charge in [-0.15, -0.1) is 11.3 Å². The minimum atomic E-state index is -0.184. The molecule has 1 aromatic carbocycles. The van der Waals surface area contributed by atoms with E-state index >= 15 is 0 Å². The van der Waals surface area contributed by atoms with Crippen molar-refractivity contribution in [3.63, 3.8) is 0 Å². The van der Waals surface area contributed by atoms with Crippen LogP contribution in [0.15, 0.2) is 24.3 Å². The molecule has 0 aliphatic rings. The zero-order valence-corrected chi connectivity index (χ0v) is 15.9. The van der Waals surface area contributed by atoms with E-state index in [2.05, 4.69) is 34.4 Å². The van der Waals surface area contributed by atoms with Crippen LogP contribution in [0.1, 0.15) is 32.2 Å². The van der Waals surface area contributed by atoms with E-state index in [1.54, 1.807) is 23.5 Å². The molecule has 2 aromatic heterocycles. The molecule has 136 valence electrons. The van der Waals surface area contributed by atoms with Crippen molar-refractivity contribution >= 4 is 33.3 Å². The van der Waals surface area contributed by atoms with Gasteiger partial charge in [-0.3, -0.25) is 4.79 Å². The number of hydrogen-bond acceptors (Lipinski definition) is 6. The number of carbonyl (C=O) groups excluding carboxylic acids is 1. The maximum Gasteiger partial charge on any atom is 0.251 e. The number of carbonyl (C=O) groups is 1. The van der Waals surface area contributed by atoms with Crippen molar-refractivity contribution in [2.24, 2.45) is 0 Å². The Morgan fingerprint density at radius 1 is 1.15 bits per heavy atom. The van der Waals surface area contributed by atoms with Crippen molar-refractivity contribution in [1.29, 1.82) is 0 Å². The van der Waals surface area contributed by atoms with E-state index in [0.29, 0.717) is 12.1 Å². The summed E-state index contributed by atoms with van der Waals surface area (Å²) < 4.78 is 0. The average Bonchev–Trinajstić information content (AvgIpc) is 2.91. The first kappa shape index (κ1) is 18.3. The molecule has 3 aromatic rings. The van der Waals surface area contributed by atoms with E-state index in [0.717, 1.165) is 27.4 Å². The highest BCUT2D eigenvalue weighted by Gasteiger charge is 2.13. The van der Waals surface area contributed by atoms with Gasteiger partial charge in [-0.25, -0.2) is 9.97 Å². The van der Waals surface area contributed by atoms with E-state index in [1.807, 2.05) is 19.1 Å². The van der Waals surface area contributed by atoms with Gasteiger partial charge in [0.2, 0.25) is 0 Å². The van der Waals surface area contributed by atoms with Gasteiger partial charge in [0.1, 0.15) is 16.5 Å². The molecule has 0 fully saturated rings. The second-order valence-corrected chi connectivity index (χ2v) is 7.32. The van der Waals surface area contributed by atoms with Crippen molar-refractivity contribution in [2.45, 2.75) is 27.3 Å². The smallest absolute Gasteiger partial charge is 0.251 e. The number of aliphatic hydroxyl groups excluding tert-OH is 1. The van der Waals surface area contributed by atoms with E-state index in [4.69, 9.17) is 5.11 Å². The summed E-state index contributed by atoms with van der Waals surface area (Å²) in [6.45, 7) is 6.89. The Bertz CT molecular complexity index is 935. The van der Waals surface area contributed by atoms with Crippen molar-refractivity contribution in [3.8, 4) is 0 Å². The predicted molar refractivity (Wildman–Crippen MR) is 105 cm³/mol. The summed E-state index contributed by atoms with van der Waals surface area (Å²) in [5.41, 5.74) is 2.84. The minimum Gasteiger partial charge on any atom is -0.395 e. The van der Waals surface area contributed by atoms with Gasteiger partial charge in [-0.2, -0.15) is 0 Å². The van der Waals surface area contributed by atoms with Crippen molar-refractivity contribution < 1.29 is 9.90 Å². The lowest BCUT2D eigenvalue weighted by Crippen LogP contribution is -2.26. The fraction of sp³-hybridized carbons (Fsp3) is 0.316. The van der Waals surface area contributed by atoms with Gasteiger partial charge >= 0.3 is 0 Å². The SMILES string of the molecule is Cc1nc(NCc2ccc(C(=O)NCCO)cc2)c2c(C)c(C)sc2n1. The molecule has 3 N–H and O–H groups in total. The number of aryl methyl sites for hydroxylation is 3. The lowest BCUT2D eigenvalue weighted by molar-refractivity contribution is 0.0945. The Morgan fingerprint density at radius 2 is 1.88 bits per heavy atom. The Hall–Kier alpha value is -2.51. The first-order chi connectivity index (χ1) is 12.5. The third-order valence-electron chi connectivity index (χ3n) is 4.21. The molecule has 0 atom stereocenters. The molecule has 1 amide bonds. The summed E-state index contributed by atoms with van der Waals surface area (Å²) in [5.74, 6) is 1.41. The number of hydrogen-bond donors (Lipinski definition) is 3. The molecule has 0 spiro atoms. The van der Waals surface area contributed by atoms with Crippen LogP contribution >= 0.6 is 11.3 Å². The number of thiophene rings is 1. The van der Waals surface area contributed by atoms with Crippen LogP contribution in [-0.4, -0.2) is 34.1 Å². The lowest BCUT2D eigenvalue weighted by Gasteiger charge is -2.09. The van der Waals surface area contributed by atoms with Gasteiger partial charge < -0.3 is 15.7 Å². The second kappa shape index (κ2) is 7.80. The van der Waals surface area contributed by atoms with Gasteiger partial charge in [0.15, 0.2) is 0 Å². The number of aromatic nitrogens is 2. The molecule has 0 aliphatic carbocycles. The molecule has 2 heterocycles. The highest BCUT2D eigenvalue weighted by atomic mass is 32.1. The third kappa shape index (κ3) is 3.84. The van der Waals surface area contributed by atoms with Crippen LogP contribution in [0, 0.1) is 20.8 Å². The van der Waals surface area contributed by atoms with Gasteiger partial charge in [0, 0.05) is 23.5 Å². The minimum absolute atomic E-state index is 0.0674. The summed E-state index contributed by atoms with van der Waals surface area (Å²) in [6.07, 6.45) is 0. The molecule has 0 saturated carbocycles. The topological polar surface area (TPSA) is 87.1 Å². The van der Waals surface area contributed by atoms with Crippen LogP contribution < -0.4 is 10.6 Å². The molecular weight excluding hydrogens is 348 g/mol. The zero-order chi connectivity index (χ0) is 18.7. The number of aliphatic hydroxyl groups is 1. The summed E-state index contributed by atoms with van der Waals surface area (Å²) in [6, 6.07) is 7.39. The number of amides is 1. The number of anilines is 1. The maximum absolute atomic E-state index is 11.9. The van der Waals surface area contributed by atoms with Crippen molar-refractivity contribution in [2.75, 3.05) is 18.5 Å². The summed E-state index contributed by atoms with van der Waals surface area (Å²) in [5, 5.41) is 15.9. The first-order valence-electron chi connectivity index (χ1n) is 8.46. The molecular formula is C19H22N4O2S.